The van der Waals surface area contributed by atoms with Crippen LogP contribution >= 0.6 is 23.6 Å². The normalized spacial score (nSPS) is 13.1. The Morgan fingerprint density at radius 2 is 1.90 bits per heavy atom. The van der Waals surface area contributed by atoms with Crippen LogP contribution < -0.4 is 21.1 Å². The number of benzene rings is 1. The summed E-state index contributed by atoms with van der Waals surface area (Å²) in [5, 5.41) is 6.41. The monoisotopic (exact) mass is 431 g/mol. The van der Waals surface area contributed by atoms with E-state index in [1.54, 1.807) is 24.3 Å². The van der Waals surface area contributed by atoms with Gasteiger partial charge < -0.3 is 15.8 Å². The fraction of sp³-hybridized carbons (Fsp3) is 0.381. The molecular weight excluding hydrogens is 406 g/mol. The van der Waals surface area contributed by atoms with E-state index in [-0.39, 0.29) is 11.0 Å². The van der Waals surface area contributed by atoms with Crippen LogP contribution in [0.3, 0.4) is 0 Å². The van der Waals surface area contributed by atoms with Gasteiger partial charge in [-0.1, -0.05) is 13.3 Å². The van der Waals surface area contributed by atoms with Gasteiger partial charge in [0.2, 0.25) is 0 Å². The summed E-state index contributed by atoms with van der Waals surface area (Å²) in [5.74, 6) is -0.0812. The molecule has 1 aromatic carbocycles. The molecule has 1 aliphatic rings. The van der Waals surface area contributed by atoms with E-state index in [4.69, 9.17) is 22.7 Å². The van der Waals surface area contributed by atoms with E-state index in [9.17, 15) is 9.59 Å². The second kappa shape index (κ2) is 9.84. The van der Waals surface area contributed by atoms with Crippen LogP contribution in [0.2, 0.25) is 0 Å². The Morgan fingerprint density at radius 3 is 2.59 bits per heavy atom. The minimum absolute atomic E-state index is 0.139. The lowest BCUT2D eigenvalue weighted by Gasteiger charge is -2.10. The van der Waals surface area contributed by atoms with Crippen LogP contribution in [-0.4, -0.2) is 23.5 Å². The SMILES string of the molecule is CCCOc1ccc(C(=O)NC(=S)Nc2sc3c(c2C(N)=O)CCCCC3)cc1. The quantitative estimate of drug-likeness (QED) is 0.474. The maximum Gasteiger partial charge on any atom is 0.257 e. The zero-order valence-electron chi connectivity index (χ0n) is 16.4. The summed E-state index contributed by atoms with van der Waals surface area (Å²) in [7, 11) is 0. The van der Waals surface area contributed by atoms with Crippen molar-refractivity contribution in [2.24, 2.45) is 5.73 Å². The highest BCUT2D eigenvalue weighted by Gasteiger charge is 2.24. The molecule has 1 aliphatic carbocycles. The van der Waals surface area contributed by atoms with Crippen molar-refractivity contribution in [1.82, 2.24) is 5.32 Å². The number of fused-ring (bicyclic) bond motifs is 1. The molecule has 2 amide bonds. The average molecular weight is 432 g/mol. The van der Waals surface area contributed by atoms with Crippen LogP contribution in [0.15, 0.2) is 24.3 Å². The van der Waals surface area contributed by atoms with Crippen molar-refractivity contribution in [3.05, 3.63) is 45.8 Å². The van der Waals surface area contributed by atoms with E-state index >= 15 is 0 Å². The van der Waals surface area contributed by atoms with Gasteiger partial charge in [0, 0.05) is 10.4 Å². The van der Waals surface area contributed by atoms with Crippen molar-refractivity contribution < 1.29 is 14.3 Å². The second-order valence-corrected chi connectivity index (χ2v) is 8.43. The summed E-state index contributed by atoms with van der Waals surface area (Å²) in [4.78, 5) is 25.7. The van der Waals surface area contributed by atoms with Gasteiger partial charge in [0.25, 0.3) is 11.8 Å². The number of nitrogens with two attached hydrogens (primary N) is 1. The fourth-order valence-electron chi connectivity index (χ4n) is 3.32. The number of ether oxygens (including phenoxy) is 1. The highest BCUT2D eigenvalue weighted by atomic mass is 32.1. The lowest BCUT2D eigenvalue weighted by atomic mass is 10.1. The van der Waals surface area contributed by atoms with Gasteiger partial charge >= 0.3 is 0 Å². The molecule has 154 valence electrons. The molecule has 0 atom stereocenters. The number of anilines is 1. The summed E-state index contributed by atoms with van der Waals surface area (Å²) in [6, 6.07) is 6.88. The zero-order chi connectivity index (χ0) is 20.8. The number of nitrogens with one attached hydrogen (secondary N) is 2. The number of thiophene rings is 1. The predicted molar refractivity (Wildman–Crippen MR) is 120 cm³/mol. The van der Waals surface area contributed by atoms with Crippen molar-refractivity contribution in [3.8, 4) is 5.75 Å². The summed E-state index contributed by atoms with van der Waals surface area (Å²) >= 11 is 6.79. The van der Waals surface area contributed by atoms with Crippen LogP contribution in [-0.2, 0) is 12.8 Å². The minimum Gasteiger partial charge on any atom is -0.494 e. The molecule has 2 aromatic rings. The summed E-state index contributed by atoms with van der Waals surface area (Å²) in [5.41, 5.74) is 7.63. The molecule has 0 spiro atoms. The van der Waals surface area contributed by atoms with Gasteiger partial charge in [-0.2, -0.15) is 0 Å². The summed E-state index contributed by atoms with van der Waals surface area (Å²) in [6.07, 6.45) is 6.00. The maximum absolute atomic E-state index is 12.5. The van der Waals surface area contributed by atoms with Crippen LogP contribution in [0.25, 0.3) is 0 Å². The fourth-order valence-corrected chi connectivity index (χ4v) is 4.88. The van der Waals surface area contributed by atoms with E-state index in [1.807, 2.05) is 6.92 Å². The molecule has 0 bridgehead atoms. The Balaban J connectivity index is 1.67. The molecule has 1 heterocycles. The molecule has 29 heavy (non-hydrogen) atoms. The van der Waals surface area contributed by atoms with E-state index in [1.165, 1.54) is 16.2 Å². The van der Waals surface area contributed by atoms with E-state index in [0.29, 0.717) is 22.7 Å². The molecule has 0 unspecified atom stereocenters. The maximum atomic E-state index is 12.5. The standard InChI is InChI=1S/C21H25N3O3S2/c1-2-12-27-14-10-8-13(9-11-14)19(26)23-21(28)24-20-17(18(22)25)15-6-4-3-5-7-16(15)29-20/h8-11H,2-7,12H2,1H3,(H2,22,25)(H2,23,24,26,28). The van der Waals surface area contributed by atoms with Gasteiger partial charge in [0.15, 0.2) is 5.11 Å². The summed E-state index contributed by atoms with van der Waals surface area (Å²) in [6.45, 7) is 2.66. The Hall–Kier alpha value is -2.45. The van der Waals surface area contributed by atoms with Crippen molar-refractivity contribution >= 4 is 45.5 Å². The average Bonchev–Trinajstić information content (AvgIpc) is 2.87. The smallest absolute Gasteiger partial charge is 0.257 e. The molecule has 0 saturated carbocycles. The topological polar surface area (TPSA) is 93.4 Å². The first-order chi connectivity index (χ1) is 14.0. The lowest BCUT2D eigenvalue weighted by Crippen LogP contribution is -2.34. The highest BCUT2D eigenvalue weighted by molar-refractivity contribution is 7.80. The molecular formula is C21H25N3O3S2. The Labute approximate surface area is 179 Å². The zero-order valence-corrected chi connectivity index (χ0v) is 18.0. The molecule has 0 radical (unpaired) electrons. The van der Waals surface area contributed by atoms with Crippen molar-refractivity contribution in [2.45, 2.75) is 45.4 Å². The number of hydrogen-bond donors (Lipinski definition) is 3. The number of thiocarbonyl (C=S) groups is 1. The van der Waals surface area contributed by atoms with Gasteiger partial charge in [0.05, 0.1) is 12.2 Å². The molecule has 0 saturated heterocycles. The Kier molecular flexibility index (Phi) is 7.22. The van der Waals surface area contributed by atoms with Crippen LogP contribution in [0.4, 0.5) is 5.00 Å². The number of carbonyl (C=O) groups is 2. The molecule has 1 aromatic heterocycles. The number of primary amides is 1. The van der Waals surface area contributed by atoms with Gasteiger partial charge in [-0.25, -0.2) is 0 Å². The third kappa shape index (κ3) is 5.33. The molecule has 4 N–H and O–H groups in total. The molecule has 6 nitrogen and oxygen atoms in total. The van der Waals surface area contributed by atoms with E-state index < -0.39 is 5.91 Å². The number of aryl methyl sites for hydroxylation is 1. The van der Waals surface area contributed by atoms with Crippen LogP contribution in [0.5, 0.6) is 5.75 Å². The molecule has 8 heteroatoms. The van der Waals surface area contributed by atoms with E-state index in [2.05, 4.69) is 10.6 Å². The van der Waals surface area contributed by atoms with Gasteiger partial charge in [0.1, 0.15) is 10.8 Å². The molecule has 3 rings (SSSR count). The number of hydrogen-bond acceptors (Lipinski definition) is 5. The highest BCUT2D eigenvalue weighted by Crippen LogP contribution is 2.37. The first-order valence-electron chi connectivity index (χ1n) is 9.79. The van der Waals surface area contributed by atoms with Crippen LogP contribution in [0.1, 0.15) is 63.8 Å². The summed E-state index contributed by atoms with van der Waals surface area (Å²) < 4.78 is 5.52. The van der Waals surface area contributed by atoms with Gasteiger partial charge in [-0.05, 0) is 74.2 Å². The Bertz CT molecular complexity index is 907. The number of rotatable bonds is 6. The lowest BCUT2D eigenvalue weighted by molar-refractivity contribution is 0.0975. The van der Waals surface area contributed by atoms with Crippen LogP contribution in [0, 0.1) is 0 Å². The number of amides is 2. The van der Waals surface area contributed by atoms with Gasteiger partial charge in [-0.3, -0.25) is 14.9 Å². The van der Waals surface area contributed by atoms with Crippen molar-refractivity contribution in [2.75, 3.05) is 11.9 Å². The third-order valence-corrected chi connectivity index (χ3v) is 6.12. The molecule has 0 fully saturated rings. The van der Waals surface area contributed by atoms with Gasteiger partial charge in [-0.15, -0.1) is 11.3 Å². The third-order valence-electron chi connectivity index (χ3n) is 4.71. The first kappa shape index (κ1) is 21.3. The first-order valence-corrected chi connectivity index (χ1v) is 11.0. The number of carbonyl (C=O) groups excluding carboxylic acids is 2. The predicted octanol–water partition coefficient (Wildman–Crippen LogP) is 4.03. The minimum atomic E-state index is -0.469. The molecule has 0 aliphatic heterocycles. The largest absolute Gasteiger partial charge is 0.494 e. The van der Waals surface area contributed by atoms with Crippen molar-refractivity contribution in [1.29, 1.82) is 0 Å². The van der Waals surface area contributed by atoms with E-state index in [0.717, 1.165) is 49.8 Å². The van der Waals surface area contributed by atoms with Crippen molar-refractivity contribution in [3.63, 3.8) is 0 Å². The second-order valence-electron chi connectivity index (χ2n) is 6.91. The Morgan fingerprint density at radius 1 is 1.17 bits per heavy atom.